The lowest BCUT2D eigenvalue weighted by Gasteiger charge is -2.32. The van der Waals surface area contributed by atoms with Crippen molar-refractivity contribution in [1.82, 2.24) is 0 Å². The molecule has 7 aromatic carbocycles. The molecule has 1 aliphatic carbocycles. The van der Waals surface area contributed by atoms with Gasteiger partial charge in [0.25, 0.3) is 0 Å². The predicted molar refractivity (Wildman–Crippen MR) is 189 cm³/mol. The maximum atomic E-state index is 14.6. The lowest BCUT2D eigenvalue weighted by molar-refractivity contribution is 0.627. The van der Waals surface area contributed by atoms with Gasteiger partial charge in [-0.3, -0.25) is 0 Å². The highest BCUT2D eigenvalue weighted by Gasteiger charge is 2.24. The number of rotatable bonds is 6. The van der Waals surface area contributed by atoms with Crippen LogP contribution in [0.3, 0.4) is 0 Å². The zero-order chi connectivity index (χ0) is 31.6. The largest absolute Gasteiger partial charge is 0.313 e. The van der Waals surface area contributed by atoms with Crippen molar-refractivity contribution in [3.8, 4) is 0 Å². The first-order valence-corrected chi connectivity index (χ1v) is 15.9. The topological polar surface area (TPSA) is 6.48 Å². The summed E-state index contributed by atoms with van der Waals surface area (Å²) in [6, 6.07) is 47.0. The molecule has 0 aromatic heterocycles. The minimum atomic E-state index is -0.279. The van der Waals surface area contributed by atoms with E-state index in [2.05, 4.69) is 70.5 Å². The SMILES string of the molecule is CC.Fc1cccc(N(C2=c3ccc4ccc(N(c5ccccc5)c5cccc(F)c5)c5ccc(c3c45)CC2)c2ccccc2)c1. The monoisotopic (exact) mass is 604 g/mol. The maximum Gasteiger partial charge on any atom is 0.125 e. The molecule has 2 nitrogen and oxygen atoms in total. The fraction of sp³-hybridized carbons (Fsp3) is 0.0952. The summed E-state index contributed by atoms with van der Waals surface area (Å²) in [5, 5.41) is 5.78. The third kappa shape index (κ3) is 5.16. The number of halogens is 2. The van der Waals surface area contributed by atoms with Gasteiger partial charge in [-0.1, -0.05) is 92.7 Å². The molecule has 0 atom stereocenters. The lowest BCUT2D eigenvalue weighted by Crippen LogP contribution is -2.27. The zero-order valence-electron chi connectivity index (χ0n) is 25.9. The van der Waals surface area contributed by atoms with Crippen LogP contribution in [0.15, 0.2) is 146 Å². The summed E-state index contributed by atoms with van der Waals surface area (Å²) in [7, 11) is 0. The molecule has 0 N–H and O–H groups in total. The van der Waals surface area contributed by atoms with Gasteiger partial charge in [0.05, 0.1) is 5.69 Å². The van der Waals surface area contributed by atoms with Gasteiger partial charge in [0, 0.05) is 39.1 Å². The molecule has 0 aliphatic heterocycles. The summed E-state index contributed by atoms with van der Waals surface area (Å²) in [5.74, 6) is -0.542. The molecule has 226 valence electrons. The first-order chi connectivity index (χ1) is 22.7. The van der Waals surface area contributed by atoms with Gasteiger partial charge in [-0.25, -0.2) is 8.78 Å². The molecule has 0 heterocycles. The van der Waals surface area contributed by atoms with Gasteiger partial charge in [-0.2, -0.15) is 0 Å². The van der Waals surface area contributed by atoms with Gasteiger partial charge in [0.2, 0.25) is 0 Å². The highest BCUT2D eigenvalue weighted by atomic mass is 19.1. The van der Waals surface area contributed by atoms with Crippen LogP contribution in [0.25, 0.3) is 27.2 Å². The predicted octanol–water partition coefficient (Wildman–Crippen LogP) is 11.4. The first-order valence-electron chi connectivity index (χ1n) is 15.9. The van der Waals surface area contributed by atoms with Crippen LogP contribution in [0, 0.1) is 11.6 Å². The van der Waals surface area contributed by atoms with Gasteiger partial charge < -0.3 is 9.80 Å². The number of para-hydroxylation sites is 2. The highest BCUT2D eigenvalue weighted by molar-refractivity contribution is 6.17. The Kier molecular flexibility index (Phi) is 7.94. The highest BCUT2D eigenvalue weighted by Crippen LogP contribution is 2.43. The molecule has 0 saturated heterocycles. The van der Waals surface area contributed by atoms with Crippen molar-refractivity contribution in [3.05, 3.63) is 168 Å². The van der Waals surface area contributed by atoms with E-state index in [-0.39, 0.29) is 11.6 Å². The third-order valence-corrected chi connectivity index (χ3v) is 8.59. The normalized spacial score (nSPS) is 12.1. The fourth-order valence-corrected chi connectivity index (χ4v) is 6.74. The third-order valence-electron chi connectivity index (χ3n) is 8.59. The van der Waals surface area contributed by atoms with Gasteiger partial charge in [0.1, 0.15) is 11.6 Å². The number of benzene rings is 7. The molecule has 0 bridgehead atoms. The molecular formula is C42H34F2N2. The molecule has 46 heavy (non-hydrogen) atoms. The Bertz CT molecular complexity index is 2210. The number of hydrogen-bond donors (Lipinski definition) is 0. The van der Waals surface area contributed by atoms with Crippen LogP contribution >= 0.6 is 0 Å². The van der Waals surface area contributed by atoms with Gasteiger partial charge in [-0.15, -0.1) is 0 Å². The molecule has 0 spiro atoms. The quantitative estimate of drug-likeness (QED) is 0.186. The number of hydrogen-bond acceptors (Lipinski definition) is 2. The van der Waals surface area contributed by atoms with Gasteiger partial charge in [0.15, 0.2) is 0 Å². The maximum absolute atomic E-state index is 14.6. The lowest BCUT2D eigenvalue weighted by atomic mass is 9.87. The second kappa shape index (κ2) is 12.5. The Morgan fingerprint density at radius 3 is 1.67 bits per heavy atom. The Morgan fingerprint density at radius 1 is 0.478 bits per heavy atom. The molecule has 8 rings (SSSR count). The second-order valence-corrected chi connectivity index (χ2v) is 11.2. The van der Waals surface area contributed by atoms with Crippen molar-refractivity contribution in [3.63, 3.8) is 0 Å². The average molecular weight is 605 g/mol. The molecular weight excluding hydrogens is 570 g/mol. The van der Waals surface area contributed by atoms with E-state index in [1.807, 2.05) is 62.4 Å². The Labute approximate surface area is 268 Å². The van der Waals surface area contributed by atoms with Crippen LogP contribution < -0.4 is 15.0 Å². The van der Waals surface area contributed by atoms with Gasteiger partial charge >= 0.3 is 0 Å². The average Bonchev–Trinajstić information content (AvgIpc) is 3.10. The number of aryl methyl sites for hydroxylation is 1. The van der Waals surface area contributed by atoms with E-state index >= 15 is 0 Å². The molecule has 4 heteroatoms. The van der Waals surface area contributed by atoms with Crippen LogP contribution in [0.5, 0.6) is 0 Å². The van der Waals surface area contributed by atoms with Crippen LogP contribution in [-0.4, -0.2) is 0 Å². The molecule has 0 fully saturated rings. The summed E-state index contributed by atoms with van der Waals surface area (Å²) in [6.07, 6.45) is 1.69. The van der Waals surface area contributed by atoms with Crippen LogP contribution in [0.2, 0.25) is 0 Å². The molecule has 0 amide bonds. The molecule has 1 aliphatic rings. The van der Waals surface area contributed by atoms with Crippen LogP contribution in [0.1, 0.15) is 25.8 Å². The van der Waals surface area contributed by atoms with E-state index in [0.717, 1.165) is 63.0 Å². The van der Waals surface area contributed by atoms with E-state index in [1.54, 1.807) is 24.3 Å². The van der Waals surface area contributed by atoms with Crippen LogP contribution in [-0.2, 0) is 6.42 Å². The van der Waals surface area contributed by atoms with Crippen molar-refractivity contribution in [2.24, 2.45) is 0 Å². The van der Waals surface area contributed by atoms with E-state index in [0.29, 0.717) is 0 Å². The van der Waals surface area contributed by atoms with E-state index < -0.39 is 0 Å². The van der Waals surface area contributed by atoms with Crippen LogP contribution in [0.4, 0.5) is 37.2 Å². The van der Waals surface area contributed by atoms with E-state index in [9.17, 15) is 8.78 Å². The number of nitrogens with zero attached hydrogens (tertiary/aromatic N) is 2. The Hall–Kier alpha value is -5.48. The smallest absolute Gasteiger partial charge is 0.125 e. The van der Waals surface area contributed by atoms with E-state index in [1.165, 1.54) is 28.5 Å². The summed E-state index contributed by atoms with van der Waals surface area (Å²) in [4.78, 5) is 4.32. The fourth-order valence-electron chi connectivity index (χ4n) is 6.74. The minimum absolute atomic E-state index is 0.264. The van der Waals surface area contributed by atoms with Crippen molar-refractivity contribution in [2.75, 3.05) is 9.80 Å². The summed E-state index contributed by atoms with van der Waals surface area (Å²) >= 11 is 0. The second-order valence-electron chi connectivity index (χ2n) is 11.2. The Morgan fingerprint density at radius 2 is 1.04 bits per heavy atom. The number of anilines is 5. The Balaban J connectivity index is 0.00000166. The van der Waals surface area contributed by atoms with Crippen molar-refractivity contribution in [2.45, 2.75) is 26.7 Å². The minimum Gasteiger partial charge on any atom is -0.313 e. The molecule has 7 aromatic rings. The standard InChI is InChI=1S/C40H28F2N2.C2H6/c41-29-9-7-15-33(25-29)43(31-11-3-1-4-12-31)37-23-19-27-18-22-36-38(24-20-28-17-21-35(37)39(27)40(28)36)44(32-13-5-2-6-14-32)34-16-8-10-30(42)26-34;1-2/h1-19,21-23,25-26H,20,24H2;1-2H3. The molecule has 0 radical (unpaired) electrons. The summed E-state index contributed by atoms with van der Waals surface area (Å²) in [6.45, 7) is 4.00. The van der Waals surface area contributed by atoms with Crippen molar-refractivity contribution >= 4 is 55.7 Å². The van der Waals surface area contributed by atoms with Crippen molar-refractivity contribution < 1.29 is 8.78 Å². The van der Waals surface area contributed by atoms with Gasteiger partial charge in [-0.05, 0) is 101 Å². The molecule has 0 saturated carbocycles. The first kappa shape index (κ1) is 29.2. The molecule has 0 unspecified atom stereocenters. The summed E-state index contributed by atoms with van der Waals surface area (Å²) < 4.78 is 29.2. The van der Waals surface area contributed by atoms with E-state index in [4.69, 9.17) is 0 Å². The zero-order valence-corrected chi connectivity index (χ0v) is 25.9. The summed E-state index contributed by atoms with van der Waals surface area (Å²) in [5.41, 5.74) is 6.91. The van der Waals surface area contributed by atoms with Crippen molar-refractivity contribution in [1.29, 1.82) is 0 Å².